The third kappa shape index (κ3) is 19.2. The van der Waals surface area contributed by atoms with Crippen molar-refractivity contribution in [1.29, 1.82) is 0 Å². The molecule has 0 saturated heterocycles. The number of hydrazine groups is 1. The molecule has 0 aliphatic heterocycles. The molecule has 0 saturated carbocycles. The summed E-state index contributed by atoms with van der Waals surface area (Å²) in [4.78, 5) is 10.4. The molecule has 1 aliphatic carbocycles. The van der Waals surface area contributed by atoms with Crippen LogP contribution in [0, 0.1) is 43.2 Å². The maximum atomic E-state index is 10.4. The number of allylic oxidation sites excluding steroid dienone is 4. The minimum Gasteiger partial charge on any atom is -0.495 e. The van der Waals surface area contributed by atoms with E-state index >= 15 is 0 Å². The fourth-order valence-corrected chi connectivity index (χ4v) is 2.17. The number of hydrogen-bond donors (Lipinski definition) is 3. The maximum absolute atomic E-state index is 10.4. The van der Waals surface area contributed by atoms with Gasteiger partial charge in [0.15, 0.2) is 11.4 Å². The first-order chi connectivity index (χ1) is 13.1. The molecular weight excluding hydrogens is 634 g/mol. The number of halogens is 1. The Labute approximate surface area is 226 Å². The summed E-state index contributed by atoms with van der Waals surface area (Å²) < 4.78 is 4.90. The predicted molar refractivity (Wildman–Crippen MR) is 147 cm³/mol. The SMILES string of the molecule is COc1cccc(C=O)c1Cl.NNC(=S)Nc1ccccc1.[C-]1=CC=CC1.[CH3-].[CH3-].[CH3-].[CH3-].[CH3-].[Ir]. The van der Waals surface area contributed by atoms with Gasteiger partial charge in [-0.1, -0.05) is 35.9 Å². The molecule has 5 nitrogen and oxygen atoms in total. The number of aldehydes is 1. The molecule has 2 aromatic carbocycles. The van der Waals surface area contributed by atoms with E-state index in [0.29, 0.717) is 27.7 Å². The summed E-state index contributed by atoms with van der Waals surface area (Å²) in [6.07, 6.45) is 10.7. The van der Waals surface area contributed by atoms with E-state index in [1.165, 1.54) is 7.11 Å². The van der Waals surface area contributed by atoms with E-state index in [4.69, 9.17) is 34.4 Å². The predicted octanol–water partition coefficient (Wildman–Crippen LogP) is 6.56. The number of hydrogen-bond acceptors (Lipinski definition) is 4. The molecular formula is C25H36ClIrN3O2S-6. The molecule has 8 heteroatoms. The van der Waals surface area contributed by atoms with E-state index in [1.54, 1.807) is 18.2 Å². The van der Waals surface area contributed by atoms with Gasteiger partial charge in [0, 0.05) is 31.4 Å². The fraction of sp³-hybridized carbons (Fsp3) is 0.0800. The number of carbonyl (C=O) groups is 1. The van der Waals surface area contributed by atoms with Crippen LogP contribution in [0.1, 0.15) is 16.8 Å². The standard InChI is InChI=1S/C8H7ClO2.C7H9N3S.C5H5.5CH3.Ir/c1-11-7-4-2-3-6(5-10)8(7)9;8-10-7(11)9-6-4-2-1-3-5-6;1-2-4-5-3-1;;;;;;/h2-5H,1H3;1-5H,8H2,(H2,9,10,11);1-3H,4H2;5*1H3;/q;;6*-1;. The Hall–Kier alpha value is -2.02. The molecule has 0 heterocycles. The molecule has 1 aliphatic rings. The van der Waals surface area contributed by atoms with Crippen LogP contribution < -0.4 is 21.3 Å². The molecule has 0 atom stereocenters. The molecule has 3 rings (SSSR count). The van der Waals surface area contributed by atoms with Crippen molar-refractivity contribution < 1.29 is 29.6 Å². The van der Waals surface area contributed by atoms with E-state index in [9.17, 15) is 4.79 Å². The minimum atomic E-state index is 0. The average Bonchev–Trinajstić information content (AvgIpc) is 3.29. The summed E-state index contributed by atoms with van der Waals surface area (Å²) in [6, 6.07) is 14.6. The second-order valence-electron chi connectivity index (χ2n) is 4.95. The number of carbonyl (C=O) groups excluding carboxylic acids is 1. The Morgan fingerprint density at radius 2 is 1.70 bits per heavy atom. The molecule has 0 aromatic heterocycles. The molecule has 4 N–H and O–H groups in total. The number of thiocarbonyl (C=S) groups is 1. The van der Waals surface area contributed by atoms with Crippen LogP contribution in [0.15, 0.2) is 66.8 Å². The van der Waals surface area contributed by atoms with Gasteiger partial charge in [0.1, 0.15) is 5.75 Å². The van der Waals surface area contributed by atoms with E-state index in [-0.39, 0.29) is 57.2 Å². The summed E-state index contributed by atoms with van der Waals surface area (Å²) in [5.41, 5.74) is 3.71. The molecule has 1 radical (unpaired) electrons. The Kier molecular flexibility index (Phi) is 37.9. The van der Waals surface area contributed by atoms with Crippen molar-refractivity contribution in [2.45, 2.75) is 6.42 Å². The summed E-state index contributed by atoms with van der Waals surface area (Å²) in [6.45, 7) is 0. The monoisotopic (exact) mass is 670 g/mol. The first-order valence-electron chi connectivity index (χ1n) is 7.94. The number of nitrogens with one attached hydrogen (secondary N) is 2. The Morgan fingerprint density at radius 3 is 2.09 bits per heavy atom. The molecule has 0 spiro atoms. The summed E-state index contributed by atoms with van der Waals surface area (Å²) >= 11 is 10.5. The van der Waals surface area contributed by atoms with E-state index in [0.717, 1.165) is 12.1 Å². The van der Waals surface area contributed by atoms with Crippen LogP contribution in [-0.2, 0) is 20.1 Å². The number of ether oxygens (including phenoxy) is 1. The number of rotatable bonds is 3. The Morgan fingerprint density at radius 1 is 1.09 bits per heavy atom. The van der Waals surface area contributed by atoms with Crippen LogP contribution in [0.2, 0.25) is 5.02 Å². The zero-order valence-electron chi connectivity index (χ0n) is 20.1. The Balaban J connectivity index is -0.0000000796. The van der Waals surface area contributed by atoms with E-state index < -0.39 is 0 Å². The largest absolute Gasteiger partial charge is 0.495 e. The van der Waals surface area contributed by atoms with Crippen LogP contribution in [0.3, 0.4) is 0 Å². The van der Waals surface area contributed by atoms with Gasteiger partial charge in [0.25, 0.3) is 0 Å². The van der Waals surface area contributed by atoms with Gasteiger partial charge >= 0.3 is 0 Å². The van der Waals surface area contributed by atoms with Crippen LogP contribution in [-0.4, -0.2) is 18.5 Å². The van der Waals surface area contributed by atoms with Crippen LogP contribution in [0.25, 0.3) is 0 Å². The number of methoxy groups -OCH3 is 1. The first-order valence-corrected chi connectivity index (χ1v) is 8.73. The second-order valence-corrected chi connectivity index (χ2v) is 5.74. The number of benzene rings is 2. The van der Waals surface area contributed by atoms with Gasteiger partial charge in [-0.15, -0.1) is 6.42 Å². The molecule has 0 unspecified atom stereocenters. The number of para-hydroxylation sites is 1. The fourth-order valence-electron chi connectivity index (χ4n) is 1.81. The van der Waals surface area contributed by atoms with E-state index in [2.05, 4.69) is 22.9 Å². The topological polar surface area (TPSA) is 76.4 Å². The van der Waals surface area contributed by atoms with Crippen molar-refractivity contribution >= 4 is 40.9 Å². The average molecular weight is 670 g/mol. The van der Waals surface area contributed by atoms with Crippen molar-refractivity contribution in [1.82, 2.24) is 5.43 Å². The third-order valence-electron chi connectivity index (χ3n) is 3.09. The normalized spacial score (nSPS) is 8.70. The van der Waals surface area contributed by atoms with Gasteiger partial charge in [-0.05, 0) is 36.5 Å². The molecule has 191 valence electrons. The number of anilines is 1. The smallest absolute Gasteiger partial charge is 0.185 e. The maximum Gasteiger partial charge on any atom is 0.185 e. The van der Waals surface area contributed by atoms with Gasteiger partial charge in [0.2, 0.25) is 0 Å². The van der Waals surface area contributed by atoms with Crippen molar-refractivity contribution in [3.63, 3.8) is 0 Å². The van der Waals surface area contributed by atoms with Crippen molar-refractivity contribution in [2.75, 3.05) is 12.4 Å². The summed E-state index contributed by atoms with van der Waals surface area (Å²) in [5.74, 6) is 5.59. The Bertz CT molecular complexity index is 778. The molecule has 0 fully saturated rings. The molecule has 0 amide bonds. The summed E-state index contributed by atoms with van der Waals surface area (Å²) in [7, 11) is 1.51. The van der Waals surface area contributed by atoms with Gasteiger partial charge in [-0.2, -0.15) is 6.08 Å². The van der Waals surface area contributed by atoms with Crippen molar-refractivity contribution in [3.8, 4) is 5.75 Å². The zero-order chi connectivity index (χ0) is 19.9. The van der Waals surface area contributed by atoms with Crippen LogP contribution in [0.5, 0.6) is 5.75 Å². The van der Waals surface area contributed by atoms with Crippen molar-refractivity contribution in [3.05, 3.63) is 121 Å². The van der Waals surface area contributed by atoms with Gasteiger partial charge < -0.3 is 52.6 Å². The van der Waals surface area contributed by atoms with E-state index in [1.807, 2.05) is 42.5 Å². The molecule has 2 aromatic rings. The van der Waals surface area contributed by atoms with Gasteiger partial charge in [0.05, 0.1) is 12.1 Å². The quantitative estimate of drug-likeness (QED) is 0.113. The minimum absolute atomic E-state index is 0. The zero-order valence-corrected chi connectivity index (χ0v) is 24.1. The van der Waals surface area contributed by atoms with Crippen LogP contribution in [0.4, 0.5) is 5.69 Å². The van der Waals surface area contributed by atoms with Gasteiger partial charge in [-0.25, -0.2) is 18.0 Å². The number of nitrogens with two attached hydrogens (primary N) is 1. The second kappa shape index (κ2) is 28.0. The van der Waals surface area contributed by atoms with Gasteiger partial charge in [-0.3, -0.25) is 10.9 Å². The molecule has 0 bridgehead atoms. The summed E-state index contributed by atoms with van der Waals surface area (Å²) in [5, 5.41) is 3.67. The van der Waals surface area contributed by atoms with Crippen molar-refractivity contribution in [2.24, 2.45) is 5.84 Å². The first kappa shape index (κ1) is 44.6. The van der Waals surface area contributed by atoms with Crippen LogP contribution >= 0.6 is 23.8 Å². The third-order valence-corrected chi connectivity index (χ3v) is 3.71. The molecule has 33 heavy (non-hydrogen) atoms.